The Morgan fingerprint density at radius 1 is 0.912 bits per heavy atom. The molecule has 0 radical (unpaired) electrons. The van der Waals surface area contributed by atoms with Crippen LogP contribution >= 0.6 is 0 Å². The number of aryl methyl sites for hydroxylation is 1. The summed E-state index contributed by atoms with van der Waals surface area (Å²) in [7, 11) is 1.60. The van der Waals surface area contributed by atoms with Gasteiger partial charge in [-0.05, 0) is 41.2 Å². The largest absolute Gasteiger partial charge is 0.483 e. The molecule has 0 heterocycles. The molecular formula is C29H34N2O3. The number of hydrogen-bond acceptors (Lipinski definition) is 3. The topological polar surface area (TPSA) is 58.6 Å². The van der Waals surface area contributed by atoms with Gasteiger partial charge in [-0.25, -0.2) is 0 Å². The van der Waals surface area contributed by atoms with Crippen LogP contribution in [0.25, 0.3) is 0 Å². The number of likely N-dealkylation sites (N-methyl/N-ethyl adjacent to an activating group) is 1. The zero-order valence-corrected chi connectivity index (χ0v) is 20.5. The third-order valence-electron chi connectivity index (χ3n) is 6.01. The molecule has 0 saturated carbocycles. The first-order valence-electron chi connectivity index (χ1n) is 11.7. The summed E-state index contributed by atoms with van der Waals surface area (Å²) >= 11 is 0. The molecule has 3 aromatic carbocycles. The van der Waals surface area contributed by atoms with Crippen molar-refractivity contribution in [1.82, 2.24) is 10.2 Å². The standard InChI is InChI=1S/C29H34N2O3/c1-21(2)25-16-10-11-17-27(25)34-20-28(32)31(19-24-15-9-8-12-22(24)3)26(29(33)30-4)18-23-13-6-5-7-14-23/h5-17,21,26H,18-20H2,1-4H3,(H,30,33). The van der Waals surface area contributed by atoms with E-state index in [2.05, 4.69) is 19.2 Å². The molecule has 1 unspecified atom stereocenters. The first kappa shape index (κ1) is 25.0. The van der Waals surface area contributed by atoms with Crippen LogP contribution in [0, 0.1) is 6.92 Å². The van der Waals surface area contributed by atoms with Gasteiger partial charge in [-0.2, -0.15) is 0 Å². The number of amides is 2. The number of carbonyl (C=O) groups is 2. The van der Waals surface area contributed by atoms with Gasteiger partial charge in [0, 0.05) is 20.0 Å². The van der Waals surface area contributed by atoms with Crippen molar-refractivity contribution in [2.45, 2.75) is 45.7 Å². The molecule has 0 aliphatic heterocycles. The third kappa shape index (κ3) is 6.47. The number of rotatable bonds is 10. The van der Waals surface area contributed by atoms with Crippen LogP contribution in [0.5, 0.6) is 5.75 Å². The van der Waals surface area contributed by atoms with Crippen LogP contribution in [0.2, 0.25) is 0 Å². The van der Waals surface area contributed by atoms with Gasteiger partial charge in [0.2, 0.25) is 5.91 Å². The quantitative estimate of drug-likeness (QED) is 0.471. The van der Waals surface area contributed by atoms with Gasteiger partial charge in [-0.15, -0.1) is 0 Å². The molecule has 5 nitrogen and oxygen atoms in total. The molecule has 0 aliphatic carbocycles. The van der Waals surface area contributed by atoms with Gasteiger partial charge in [-0.3, -0.25) is 9.59 Å². The minimum atomic E-state index is -0.663. The van der Waals surface area contributed by atoms with E-state index in [0.29, 0.717) is 18.7 Å². The Balaban J connectivity index is 1.90. The maximum Gasteiger partial charge on any atom is 0.261 e. The fourth-order valence-corrected chi connectivity index (χ4v) is 4.00. The van der Waals surface area contributed by atoms with Crippen LogP contribution in [0.15, 0.2) is 78.9 Å². The van der Waals surface area contributed by atoms with Gasteiger partial charge in [0.05, 0.1) is 0 Å². The lowest BCUT2D eigenvalue weighted by Gasteiger charge is -2.31. The fraction of sp³-hybridized carbons (Fsp3) is 0.310. The Bertz CT molecular complexity index is 1100. The molecule has 0 saturated heterocycles. The van der Waals surface area contributed by atoms with E-state index >= 15 is 0 Å². The van der Waals surface area contributed by atoms with E-state index in [1.165, 1.54) is 0 Å². The number of carbonyl (C=O) groups excluding carboxylic acids is 2. The highest BCUT2D eigenvalue weighted by Gasteiger charge is 2.30. The summed E-state index contributed by atoms with van der Waals surface area (Å²) < 4.78 is 6.00. The van der Waals surface area contributed by atoms with E-state index in [1.54, 1.807) is 11.9 Å². The van der Waals surface area contributed by atoms with E-state index in [-0.39, 0.29) is 24.3 Å². The van der Waals surface area contributed by atoms with Crippen molar-refractivity contribution in [2.24, 2.45) is 0 Å². The number of ether oxygens (including phenoxy) is 1. The van der Waals surface area contributed by atoms with Gasteiger partial charge in [0.15, 0.2) is 6.61 Å². The van der Waals surface area contributed by atoms with Crippen molar-refractivity contribution in [2.75, 3.05) is 13.7 Å². The molecule has 1 atom stereocenters. The maximum atomic E-state index is 13.6. The highest BCUT2D eigenvalue weighted by atomic mass is 16.5. The van der Waals surface area contributed by atoms with Crippen molar-refractivity contribution in [3.8, 4) is 5.75 Å². The van der Waals surface area contributed by atoms with Crippen LogP contribution < -0.4 is 10.1 Å². The maximum absolute atomic E-state index is 13.6. The molecule has 0 aromatic heterocycles. The molecule has 0 spiro atoms. The van der Waals surface area contributed by atoms with Crippen LogP contribution in [0.4, 0.5) is 0 Å². The zero-order chi connectivity index (χ0) is 24.5. The fourth-order valence-electron chi connectivity index (χ4n) is 4.00. The first-order chi connectivity index (χ1) is 16.4. The molecule has 178 valence electrons. The minimum absolute atomic E-state index is 0.141. The second-order valence-corrected chi connectivity index (χ2v) is 8.75. The van der Waals surface area contributed by atoms with Gasteiger partial charge in [0.1, 0.15) is 11.8 Å². The number of hydrogen-bond donors (Lipinski definition) is 1. The van der Waals surface area contributed by atoms with Gasteiger partial charge >= 0.3 is 0 Å². The Morgan fingerprint density at radius 2 is 1.56 bits per heavy atom. The summed E-state index contributed by atoms with van der Waals surface area (Å²) in [5.41, 5.74) is 4.11. The molecule has 2 amide bonds. The second kappa shape index (κ2) is 12.0. The smallest absolute Gasteiger partial charge is 0.261 e. The van der Waals surface area contributed by atoms with E-state index in [4.69, 9.17) is 4.74 Å². The summed E-state index contributed by atoms with van der Waals surface area (Å²) in [5.74, 6) is 0.534. The lowest BCUT2D eigenvalue weighted by Crippen LogP contribution is -2.51. The zero-order valence-electron chi connectivity index (χ0n) is 20.5. The summed E-state index contributed by atoms with van der Waals surface area (Å²) in [4.78, 5) is 28.2. The average molecular weight is 459 g/mol. The number of nitrogens with one attached hydrogen (secondary N) is 1. The molecule has 5 heteroatoms. The van der Waals surface area contributed by atoms with E-state index < -0.39 is 6.04 Å². The highest BCUT2D eigenvalue weighted by Crippen LogP contribution is 2.26. The van der Waals surface area contributed by atoms with Gasteiger partial charge < -0.3 is 15.0 Å². The van der Waals surface area contributed by atoms with Crippen LogP contribution in [-0.2, 0) is 22.6 Å². The molecule has 1 N–H and O–H groups in total. The third-order valence-corrected chi connectivity index (χ3v) is 6.01. The lowest BCUT2D eigenvalue weighted by atomic mass is 10.0. The van der Waals surface area contributed by atoms with Crippen LogP contribution in [0.1, 0.15) is 42.0 Å². The molecular weight excluding hydrogens is 424 g/mol. The van der Waals surface area contributed by atoms with Gasteiger partial charge in [0.25, 0.3) is 5.91 Å². The molecule has 3 rings (SSSR count). The van der Waals surface area contributed by atoms with Crippen molar-refractivity contribution in [3.63, 3.8) is 0 Å². The predicted molar refractivity (Wildman–Crippen MR) is 136 cm³/mol. The normalized spacial score (nSPS) is 11.7. The number of nitrogens with zero attached hydrogens (tertiary/aromatic N) is 1. The second-order valence-electron chi connectivity index (χ2n) is 8.75. The summed E-state index contributed by atoms with van der Waals surface area (Å²) in [6.45, 7) is 6.38. The minimum Gasteiger partial charge on any atom is -0.483 e. The van der Waals surface area contributed by atoms with E-state index in [0.717, 1.165) is 22.3 Å². The molecule has 0 aliphatic rings. The molecule has 0 bridgehead atoms. The Hall–Kier alpha value is -3.60. The van der Waals surface area contributed by atoms with Crippen LogP contribution in [-0.4, -0.2) is 36.4 Å². The Kier molecular flexibility index (Phi) is 8.86. The number of benzene rings is 3. The van der Waals surface area contributed by atoms with Crippen molar-refractivity contribution in [1.29, 1.82) is 0 Å². The SMILES string of the molecule is CNC(=O)C(Cc1ccccc1)N(Cc1ccccc1C)C(=O)COc1ccccc1C(C)C. The van der Waals surface area contributed by atoms with Gasteiger partial charge in [-0.1, -0.05) is 86.6 Å². The molecule has 3 aromatic rings. The average Bonchev–Trinajstić information content (AvgIpc) is 2.86. The van der Waals surface area contributed by atoms with E-state index in [1.807, 2.05) is 85.8 Å². The Morgan fingerprint density at radius 3 is 2.24 bits per heavy atom. The van der Waals surface area contributed by atoms with Crippen molar-refractivity contribution < 1.29 is 14.3 Å². The first-order valence-corrected chi connectivity index (χ1v) is 11.7. The molecule has 34 heavy (non-hydrogen) atoms. The molecule has 0 fully saturated rings. The summed E-state index contributed by atoms with van der Waals surface area (Å²) in [5, 5.41) is 2.75. The summed E-state index contributed by atoms with van der Waals surface area (Å²) in [6, 6.07) is 24.8. The van der Waals surface area contributed by atoms with E-state index in [9.17, 15) is 9.59 Å². The Labute approximate surface area is 202 Å². The van der Waals surface area contributed by atoms with Crippen molar-refractivity contribution >= 4 is 11.8 Å². The predicted octanol–water partition coefficient (Wildman–Crippen LogP) is 4.88. The number of para-hydroxylation sites is 1. The van der Waals surface area contributed by atoms with Crippen LogP contribution in [0.3, 0.4) is 0 Å². The summed E-state index contributed by atoms with van der Waals surface area (Å²) in [6.07, 6.45) is 0.417. The highest BCUT2D eigenvalue weighted by molar-refractivity contribution is 5.88. The lowest BCUT2D eigenvalue weighted by molar-refractivity contribution is -0.142. The van der Waals surface area contributed by atoms with Crippen molar-refractivity contribution in [3.05, 3.63) is 101 Å². The monoisotopic (exact) mass is 458 g/mol.